The molecular weight excluding hydrogens is 236 g/mol. The van der Waals surface area contributed by atoms with Crippen LogP contribution in [0.25, 0.3) is 0 Å². The van der Waals surface area contributed by atoms with E-state index in [1.54, 1.807) is 0 Å². The fourth-order valence-corrected chi connectivity index (χ4v) is 1.51. The first-order valence-corrected chi connectivity index (χ1v) is 5.39. The predicted molar refractivity (Wildman–Crippen MR) is 64.9 cm³/mol. The number of hydroxylamine groups is 2. The Morgan fingerprint density at radius 3 is 2.50 bits per heavy atom. The molecule has 0 unspecified atom stereocenters. The van der Waals surface area contributed by atoms with E-state index in [1.165, 1.54) is 14.2 Å². The van der Waals surface area contributed by atoms with E-state index in [1.807, 2.05) is 30.3 Å². The Bertz CT molecular complexity index is 408. The van der Waals surface area contributed by atoms with Gasteiger partial charge in [0.2, 0.25) is 0 Å². The summed E-state index contributed by atoms with van der Waals surface area (Å²) in [7, 11) is 2.78. The Hall–Kier alpha value is -2.08. The largest absolute Gasteiger partial charge is 0.465 e. The molecule has 0 saturated heterocycles. The third-order valence-electron chi connectivity index (χ3n) is 2.46. The number of carboxylic acid groups (broad SMARTS) is 1. The lowest BCUT2D eigenvalue weighted by molar-refractivity contribution is -0.170. The van der Waals surface area contributed by atoms with E-state index in [4.69, 9.17) is 9.94 Å². The van der Waals surface area contributed by atoms with E-state index < -0.39 is 18.0 Å². The Kier molecular flexibility index (Phi) is 5.13. The average molecular weight is 252 g/mol. The van der Waals surface area contributed by atoms with Crippen LogP contribution in [0.2, 0.25) is 0 Å². The number of benzene rings is 1. The number of nitrogens with zero attached hydrogens (tertiary/aromatic N) is 1. The van der Waals surface area contributed by atoms with Gasteiger partial charge in [-0.25, -0.2) is 9.86 Å². The zero-order valence-corrected chi connectivity index (χ0v) is 10.3. The van der Waals surface area contributed by atoms with Crippen LogP contribution in [0.3, 0.4) is 0 Å². The maximum Gasteiger partial charge on any atom is 0.405 e. The smallest absolute Gasteiger partial charge is 0.405 e. The Morgan fingerprint density at radius 1 is 1.39 bits per heavy atom. The van der Waals surface area contributed by atoms with Crippen molar-refractivity contribution in [2.75, 3.05) is 14.2 Å². The Balaban J connectivity index is 2.78. The highest BCUT2D eigenvalue weighted by atomic mass is 16.7. The van der Waals surface area contributed by atoms with Crippen molar-refractivity contribution in [1.82, 2.24) is 10.4 Å². The van der Waals surface area contributed by atoms with Gasteiger partial charge in [-0.05, 0) is 5.56 Å². The van der Waals surface area contributed by atoms with Crippen LogP contribution in [0.4, 0.5) is 4.79 Å². The van der Waals surface area contributed by atoms with Crippen molar-refractivity contribution < 1.29 is 19.5 Å². The van der Waals surface area contributed by atoms with Crippen molar-refractivity contribution in [2.45, 2.75) is 12.5 Å². The van der Waals surface area contributed by atoms with Crippen LogP contribution in [-0.4, -0.2) is 42.4 Å². The molecule has 0 saturated carbocycles. The standard InChI is InChI=1S/C12H16N2O4/c1-14(18-2)11(15)10(13-12(16)17)8-9-6-4-3-5-7-9/h3-7,10,13H,8H2,1-2H3,(H,16,17)/t10-/m1/s1. The number of carbonyl (C=O) groups is 2. The summed E-state index contributed by atoms with van der Waals surface area (Å²) in [5, 5.41) is 11.9. The molecular formula is C12H16N2O4. The number of hydrogen-bond acceptors (Lipinski definition) is 3. The van der Waals surface area contributed by atoms with Crippen molar-refractivity contribution in [3.63, 3.8) is 0 Å². The molecule has 18 heavy (non-hydrogen) atoms. The summed E-state index contributed by atoms with van der Waals surface area (Å²) in [5.41, 5.74) is 0.870. The summed E-state index contributed by atoms with van der Waals surface area (Å²) in [4.78, 5) is 27.3. The first-order chi connectivity index (χ1) is 8.54. The Labute approximate surface area is 105 Å². The molecule has 2 N–H and O–H groups in total. The number of likely N-dealkylation sites (N-methyl/N-ethyl adjacent to an activating group) is 1. The number of amides is 2. The maximum atomic E-state index is 11.9. The van der Waals surface area contributed by atoms with Gasteiger partial charge in [0, 0.05) is 13.5 Å². The first-order valence-electron chi connectivity index (χ1n) is 5.39. The molecule has 98 valence electrons. The van der Waals surface area contributed by atoms with Crippen LogP contribution >= 0.6 is 0 Å². The van der Waals surface area contributed by atoms with E-state index in [0.29, 0.717) is 0 Å². The number of rotatable bonds is 5. The highest BCUT2D eigenvalue weighted by Crippen LogP contribution is 2.05. The average Bonchev–Trinajstić information content (AvgIpc) is 2.37. The molecule has 6 nitrogen and oxygen atoms in total. The molecule has 0 aromatic heterocycles. The van der Waals surface area contributed by atoms with E-state index >= 15 is 0 Å². The highest BCUT2D eigenvalue weighted by molar-refractivity contribution is 5.84. The van der Waals surface area contributed by atoms with Gasteiger partial charge < -0.3 is 10.4 Å². The van der Waals surface area contributed by atoms with Crippen molar-refractivity contribution >= 4 is 12.0 Å². The zero-order chi connectivity index (χ0) is 13.5. The van der Waals surface area contributed by atoms with Crippen LogP contribution in [0.15, 0.2) is 30.3 Å². The molecule has 0 aliphatic rings. The summed E-state index contributed by atoms with van der Waals surface area (Å²) in [6.07, 6.45) is -0.964. The topological polar surface area (TPSA) is 78.9 Å². The summed E-state index contributed by atoms with van der Waals surface area (Å²) in [5.74, 6) is -0.441. The fraction of sp³-hybridized carbons (Fsp3) is 0.333. The number of hydrogen-bond donors (Lipinski definition) is 2. The number of nitrogens with one attached hydrogen (secondary N) is 1. The molecule has 2 amide bonds. The van der Waals surface area contributed by atoms with Gasteiger partial charge in [0.1, 0.15) is 6.04 Å². The highest BCUT2D eigenvalue weighted by Gasteiger charge is 2.24. The van der Waals surface area contributed by atoms with Crippen LogP contribution in [0.1, 0.15) is 5.56 Å². The second kappa shape index (κ2) is 6.61. The lowest BCUT2D eigenvalue weighted by Crippen LogP contribution is -2.47. The van der Waals surface area contributed by atoms with Gasteiger partial charge in [0.25, 0.3) is 5.91 Å². The first kappa shape index (κ1) is 14.0. The minimum Gasteiger partial charge on any atom is -0.465 e. The molecule has 1 aromatic carbocycles. The van der Waals surface area contributed by atoms with Crippen LogP contribution in [0.5, 0.6) is 0 Å². The maximum absolute atomic E-state index is 11.9. The monoisotopic (exact) mass is 252 g/mol. The van der Waals surface area contributed by atoms with Crippen LogP contribution in [0, 0.1) is 0 Å². The molecule has 0 aliphatic heterocycles. The molecule has 0 spiro atoms. The van der Waals surface area contributed by atoms with Crippen molar-refractivity contribution in [1.29, 1.82) is 0 Å². The van der Waals surface area contributed by atoms with Crippen molar-refractivity contribution in [3.8, 4) is 0 Å². The molecule has 0 radical (unpaired) electrons. The molecule has 0 fully saturated rings. The Morgan fingerprint density at radius 2 is 2.00 bits per heavy atom. The zero-order valence-electron chi connectivity index (χ0n) is 10.3. The quantitative estimate of drug-likeness (QED) is 0.763. The fourth-order valence-electron chi connectivity index (χ4n) is 1.51. The van der Waals surface area contributed by atoms with Gasteiger partial charge in [-0.1, -0.05) is 30.3 Å². The molecule has 1 rings (SSSR count). The van der Waals surface area contributed by atoms with Crippen molar-refractivity contribution in [3.05, 3.63) is 35.9 Å². The van der Waals surface area contributed by atoms with Gasteiger partial charge in [-0.3, -0.25) is 9.63 Å². The second-order valence-electron chi connectivity index (χ2n) is 3.71. The van der Waals surface area contributed by atoms with Gasteiger partial charge in [0.15, 0.2) is 0 Å². The van der Waals surface area contributed by atoms with Gasteiger partial charge in [-0.15, -0.1) is 0 Å². The summed E-state index contributed by atoms with van der Waals surface area (Å²) in [6, 6.07) is 8.31. The third kappa shape index (κ3) is 4.06. The lowest BCUT2D eigenvalue weighted by Gasteiger charge is -2.21. The minimum absolute atomic E-state index is 0.277. The lowest BCUT2D eigenvalue weighted by atomic mass is 10.1. The third-order valence-corrected chi connectivity index (χ3v) is 2.46. The minimum atomic E-state index is -1.24. The second-order valence-corrected chi connectivity index (χ2v) is 3.71. The number of carbonyl (C=O) groups excluding carboxylic acids is 1. The molecule has 1 aromatic rings. The summed E-state index contributed by atoms with van der Waals surface area (Å²) >= 11 is 0. The van der Waals surface area contributed by atoms with E-state index in [0.717, 1.165) is 10.6 Å². The molecule has 0 heterocycles. The predicted octanol–water partition coefficient (Wildman–Crippen LogP) is 0.885. The van der Waals surface area contributed by atoms with Crippen molar-refractivity contribution in [2.24, 2.45) is 0 Å². The molecule has 6 heteroatoms. The molecule has 1 atom stereocenters. The van der Waals surface area contributed by atoms with E-state index in [-0.39, 0.29) is 6.42 Å². The summed E-state index contributed by atoms with van der Waals surface area (Å²) < 4.78 is 0. The van der Waals surface area contributed by atoms with Crippen LogP contribution < -0.4 is 5.32 Å². The van der Waals surface area contributed by atoms with Gasteiger partial charge >= 0.3 is 6.09 Å². The molecule has 0 aliphatic carbocycles. The van der Waals surface area contributed by atoms with E-state index in [2.05, 4.69) is 5.32 Å². The summed E-state index contributed by atoms with van der Waals surface area (Å²) in [6.45, 7) is 0. The SMILES string of the molecule is CON(C)C(=O)[C@@H](Cc1ccccc1)NC(=O)O. The normalized spacial score (nSPS) is 11.7. The van der Waals surface area contributed by atoms with Gasteiger partial charge in [-0.2, -0.15) is 0 Å². The van der Waals surface area contributed by atoms with Gasteiger partial charge in [0.05, 0.1) is 7.11 Å². The molecule has 0 bridgehead atoms. The van der Waals surface area contributed by atoms with E-state index in [9.17, 15) is 9.59 Å². The van der Waals surface area contributed by atoms with Crippen LogP contribution in [-0.2, 0) is 16.1 Å².